The van der Waals surface area contributed by atoms with Crippen LogP contribution in [-0.4, -0.2) is 90.9 Å². The van der Waals surface area contributed by atoms with Crippen molar-refractivity contribution in [1.29, 1.82) is 0 Å². The average Bonchev–Trinajstić information content (AvgIpc) is 3.65. The summed E-state index contributed by atoms with van der Waals surface area (Å²) in [6, 6.07) is 10.6. The van der Waals surface area contributed by atoms with Crippen LogP contribution in [0.1, 0.15) is 10.4 Å². The maximum Gasteiger partial charge on any atom is 0.337 e. The van der Waals surface area contributed by atoms with E-state index in [0.29, 0.717) is 36.7 Å². The van der Waals surface area contributed by atoms with Crippen LogP contribution in [0.3, 0.4) is 0 Å². The van der Waals surface area contributed by atoms with Crippen molar-refractivity contribution in [2.45, 2.75) is 4.34 Å². The summed E-state index contributed by atoms with van der Waals surface area (Å²) in [6.07, 6.45) is 1.44. The highest BCUT2D eigenvalue weighted by Crippen LogP contribution is 2.34. The van der Waals surface area contributed by atoms with Crippen molar-refractivity contribution >= 4 is 68.7 Å². The van der Waals surface area contributed by atoms with E-state index in [2.05, 4.69) is 25.8 Å². The van der Waals surface area contributed by atoms with Crippen molar-refractivity contribution in [2.24, 2.45) is 5.14 Å². The number of aromatic nitrogens is 3. The fourth-order valence-electron chi connectivity index (χ4n) is 3.81. The minimum absolute atomic E-state index is 0.124. The molecule has 0 unspecified atom stereocenters. The van der Waals surface area contributed by atoms with Gasteiger partial charge in [0.1, 0.15) is 25.6 Å². The van der Waals surface area contributed by atoms with E-state index in [1.165, 1.54) is 6.20 Å². The number of hydrogen-bond acceptors (Lipinski definition) is 12. The molecule has 0 aliphatic rings. The summed E-state index contributed by atoms with van der Waals surface area (Å²) in [5.41, 5.74) is 2.32. The molecule has 4 rings (SSSR count). The first-order valence-corrected chi connectivity index (χ1v) is 15.2. The predicted molar refractivity (Wildman–Crippen MR) is 165 cm³/mol. The third-order valence-corrected chi connectivity index (χ3v) is 7.59. The molecule has 17 heteroatoms. The third-order valence-electron chi connectivity index (χ3n) is 5.82. The Balaban J connectivity index is 1.03. The minimum Gasteiger partial charge on any atom is -0.492 e. The molecule has 44 heavy (non-hydrogen) atoms. The molecule has 2 heterocycles. The zero-order valence-corrected chi connectivity index (χ0v) is 25.6. The second-order valence-electron chi connectivity index (χ2n) is 8.86. The van der Waals surface area contributed by atoms with E-state index < -0.39 is 5.97 Å². The Bertz CT molecular complexity index is 1570. The molecule has 0 saturated carbocycles. The maximum atomic E-state index is 12.0. The van der Waals surface area contributed by atoms with Crippen LogP contribution in [0.15, 0.2) is 46.9 Å². The van der Waals surface area contributed by atoms with Crippen LogP contribution >= 0.6 is 34.9 Å². The number of nitrogens with zero attached hydrogens (tertiary/aromatic N) is 2. The lowest BCUT2D eigenvalue weighted by molar-refractivity contribution is -0.126. The van der Waals surface area contributed by atoms with Gasteiger partial charge in [0, 0.05) is 22.7 Å². The van der Waals surface area contributed by atoms with Crippen LogP contribution in [0.4, 0.5) is 5.13 Å². The first-order chi connectivity index (χ1) is 21.3. The standard InChI is InChI=1S/C27H29ClN6O8S2/c28-21-12-22-19(20(13-31-22)25(37)38)11-18(21)16-1-3-17(4-2-16)42-6-5-30-23(35)14-40-9-7-39-8-10-41-15-24(36)32-26-33-34-27(43-26)44-29/h1-4,11-13,31H,5-10,14-15,29H2,(H,30,35)(H,37,38)(H,32,33,36). The van der Waals surface area contributed by atoms with Gasteiger partial charge < -0.3 is 34.4 Å². The molecule has 234 valence electrons. The Morgan fingerprint density at radius 1 is 0.977 bits per heavy atom. The number of ether oxygens (including phenoxy) is 4. The number of benzene rings is 2. The van der Waals surface area contributed by atoms with Crippen LogP contribution in [0.2, 0.25) is 5.02 Å². The molecular formula is C27H29ClN6O8S2. The van der Waals surface area contributed by atoms with Crippen molar-refractivity contribution in [3.05, 3.63) is 53.2 Å². The molecule has 14 nitrogen and oxygen atoms in total. The van der Waals surface area contributed by atoms with Gasteiger partial charge in [0.15, 0.2) is 4.34 Å². The van der Waals surface area contributed by atoms with Crippen LogP contribution in [0.5, 0.6) is 5.75 Å². The number of hydrogen-bond donors (Lipinski definition) is 5. The highest BCUT2D eigenvalue weighted by atomic mass is 35.5. The molecule has 6 N–H and O–H groups in total. The molecule has 2 aromatic heterocycles. The molecule has 0 aliphatic carbocycles. The van der Waals surface area contributed by atoms with Crippen LogP contribution in [-0.2, 0) is 23.8 Å². The van der Waals surface area contributed by atoms with Gasteiger partial charge in [-0.05, 0) is 41.8 Å². The number of carboxylic acid groups (broad SMARTS) is 1. The molecule has 2 amide bonds. The highest BCUT2D eigenvalue weighted by Gasteiger charge is 2.14. The summed E-state index contributed by atoms with van der Waals surface area (Å²) in [5.74, 6) is -1.07. The molecule has 0 atom stereocenters. The van der Waals surface area contributed by atoms with Crippen LogP contribution in [0.25, 0.3) is 22.0 Å². The van der Waals surface area contributed by atoms with Gasteiger partial charge in [-0.2, -0.15) is 0 Å². The van der Waals surface area contributed by atoms with Gasteiger partial charge in [0.05, 0.1) is 43.6 Å². The number of carbonyl (C=O) groups is 3. The van der Waals surface area contributed by atoms with Gasteiger partial charge in [-0.15, -0.1) is 10.2 Å². The quantitative estimate of drug-likeness (QED) is 0.0592. The lowest BCUT2D eigenvalue weighted by Gasteiger charge is -2.10. The van der Waals surface area contributed by atoms with Crippen LogP contribution in [0, 0.1) is 0 Å². The maximum absolute atomic E-state index is 12.0. The monoisotopic (exact) mass is 664 g/mol. The second-order valence-corrected chi connectivity index (χ2v) is 11.1. The first-order valence-electron chi connectivity index (χ1n) is 13.1. The topological polar surface area (TPSA) is 200 Å². The first kappa shape index (κ1) is 33.1. The SMILES string of the molecule is NSc1nnc(NC(=O)COCCOCCOCC(=O)NCCOc2ccc(-c3cc4c(C(=O)O)c[nH]c4cc3Cl)cc2)s1. The van der Waals surface area contributed by atoms with Gasteiger partial charge in [-0.25, -0.2) is 4.79 Å². The van der Waals surface area contributed by atoms with Gasteiger partial charge in [-0.3, -0.25) is 20.0 Å². The summed E-state index contributed by atoms with van der Waals surface area (Å²) in [6.45, 7) is 1.20. The molecule has 0 spiro atoms. The number of halogens is 1. The lowest BCUT2D eigenvalue weighted by atomic mass is 10.0. The van der Waals surface area contributed by atoms with E-state index in [-0.39, 0.29) is 70.2 Å². The zero-order chi connectivity index (χ0) is 31.3. The van der Waals surface area contributed by atoms with E-state index in [1.54, 1.807) is 24.3 Å². The van der Waals surface area contributed by atoms with Gasteiger partial charge in [-0.1, -0.05) is 35.1 Å². The van der Waals surface area contributed by atoms with Crippen LogP contribution < -0.4 is 20.5 Å². The molecule has 0 fully saturated rings. The molecule has 0 saturated heterocycles. The second kappa shape index (κ2) is 16.9. The number of nitrogens with two attached hydrogens (primary N) is 1. The number of anilines is 1. The number of fused-ring (bicyclic) bond motifs is 1. The highest BCUT2D eigenvalue weighted by molar-refractivity contribution is 7.98. The summed E-state index contributed by atoms with van der Waals surface area (Å²) < 4.78 is 22.1. The molecular weight excluding hydrogens is 636 g/mol. The summed E-state index contributed by atoms with van der Waals surface area (Å²) >= 11 is 8.54. The van der Waals surface area contributed by atoms with E-state index in [4.69, 9.17) is 35.7 Å². The minimum atomic E-state index is -1.02. The fourth-order valence-corrected chi connectivity index (χ4v) is 5.10. The van der Waals surface area contributed by atoms with Crippen molar-refractivity contribution in [2.75, 3.05) is 58.1 Å². The van der Waals surface area contributed by atoms with E-state index in [9.17, 15) is 19.5 Å². The number of rotatable bonds is 18. The van der Waals surface area contributed by atoms with Crippen molar-refractivity contribution in [3.63, 3.8) is 0 Å². The largest absolute Gasteiger partial charge is 0.492 e. The Kier molecular flexibility index (Phi) is 12.7. The number of nitrogens with one attached hydrogen (secondary N) is 3. The summed E-state index contributed by atoms with van der Waals surface area (Å²) in [4.78, 5) is 38.1. The number of carboxylic acids is 1. The van der Waals surface area contributed by atoms with Crippen molar-refractivity contribution in [1.82, 2.24) is 20.5 Å². The van der Waals surface area contributed by atoms with E-state index >= 15 is 0 Å². The lowest BCUT2D eigenvalue weighted by Crippen LogP contribution is -2.31. The van der Waals surface area contributed by atoms with Gasteiger partial charge in [0.25, 0.3) is 5.91 Å². The fraction of sp³-hybridized carbons (Fsp3) is 0.296. The Morgan fingerprint density at radius 2 is 1.68 bits per heavy atom. The predicted octanol–water partition coefficient (Wildman–Crippen LogP) is 3.19. The van der Waals surface area contributed by atoms with Crippen molar-refractivity contribution in [3.8, 4) is 16.9 Å². The Morgan fingerprint density at radius 3 is 2.36 bits per heavy atom. The molecule has 0 bridgehead atoms. The number of amides is 2. The smallest absolute Gasteiger partial charge is 0.337 e. The normalized spacial score (nSPS) is 11.0. The third kappa shape index (κ3) is 9.88. The Hall–Kier alpha value is -3.77. The van der Waals surface area contributed by atoms with Gasteiger partial charge >= 0.3 is 5.97 Å². The molecule has 0 aliphatic heterocycles. The Labute approximate surface area is 264 Å². The number of aromatic amines is 1. The molecule has 4 aromatic rings. The van der Waals surface area contributed by atoms with E-state index in [0.717, 1.165) is 28.8 Å². The number of aromatic carboxylic acids is 1. The zero-order valence-electron chi connectivity index (χ0n) is 23.2. The van der Waals surface area contributed by atoms with E-state index in [1.807, 2.05) is 12.1 Å². The summed E-state index contributed by atoms with van der Waals surface area (Å²) in [7, 11) is 0. The summed E-state index contributed by atoms with van der Waals surface area (Å²) in [5, 5.41) is 29.0. The average molecular weight is 665 g/mol. The number of carbonyl (C=O) groups excluding carboxylic acids is 2. The molecule has 2 aromatic carbocycles. The van der Waals surface area contributed by atoms with Gasteiger partial charge in [0.2, 0.25) is 11.0 Å². The number of H-pyrrole nitrogens is 1. The van der Waals surface area contributed by atoms with Crippen molar-refractivity contribution < 1.29 is 38.4 Å². The molecule has 0 radical (unpaired) electrons.